The second kappa shape index (κ2) is 7.21. The van der Waals surface area contributed by atoms with Crippen LogP contribution in [0.15, 0.2) is 18.2 Å². The van der Waals surface area contributed by atoms with Crippen LogP contribution in [0.5, 0.6) is 0 Å². The topological polar surface area (TPSA) is 58.6 Å². The molecule has 0 bridgehead atoms. The van der Waals surface area contributed by atoms with Gasteiger partial charge >= 0.3 is 6.09 Å². The fourth-order valence-electron chi connectivity index (χ4n) is 2.70. The number of anilines is 1. The van der Waals surface area contributed by atoms with Crippen molar-refractivity contribution >= 4 is 29.7 Å². The van der Waals surface area contributed by atoms with E-state index in [1.807, 2.05) is 26.8 Å². The van der Waals surface area contributed by atoms with Crippen LogP contribution >= 0.6 is 11.6 Å². The van der Waals surface area contributed by atoms with Gasteiger partial charge in [-0.25, -0.2) is 4.79 Å². The van der Waals surface area contributed by atoms with Crippen molar-refractivity contribution in [3.05, 3.63) is 28.8 Å². The van der Waals surface area contributed by atoms with Crippen LogP contribution in [0.1, 0.15) is 44.0 Å². The minimum Gasteiger partial charge on any atom is -0.444 e. The zero-order valence-corrected chi connectivity index (χ0v) is 14.5. The van der Waals surface area contributed by atoms with Crippen molar-refractivity contribution in [2.45, 2.75) is 45.3 Å². The minimum atomic E-state index is -0.515. The average Bonchev–Trinajstić information content (AvgIpc) is 2.45. The first kappa shape index (κ1) is 17.6. The zero-order valence-electron chi connectivity index (χ0n) is 13.8. The van der Waals surface area contributed by atoms with Crippen LogP contribution in [0.3, 0.4) is 0 Å². The molecule has 1 aliphatic rings. The molecule has 5 nitrogen and oxygen atoms in total. The predicted molar refractivity (Wildman–Crippen MR) is 91.4 cm³/mol. The lowest BCUT2D eigenvalue weighted by molar-refractivity contribution is 0.0500. The first-order valence-corrected chi connectivity index (χ1v) is 8.15. The van der Waals surface area contributed by atoms with E-state index in [0.29, 0.717) is 17.1 Å². The molecule has 1 atom stereocenters. The number of ether oxygens (including phenoxy) is 1. The summed E-state index contributed by atoms with van der Waals surface area (Å²) in [7, 11) is 0. The number of hydrogen-bond acceptors (Lipinski definition) is 4. The lowest BCUT2D eigenvalue weighted by Gasteiger charge is -2.35. The summed E-state index contributed by atoms with van der Waals surface area (Å²) in [6.45, 7) is 6.99. The maximum Gasteiger partial charge on any atom is 0.407 e. The molecule has 1 amide bonds. The van der Waals surface area contributed by atoms with Gasteiger partial charge in [0, 0.05) is 35.4 Å². The minimum absolute atomic E-state index is 0.00576. The number of aldehydes is 1. The summed E-state index contributed by atoms with van der Waals surface area (Å²) in [5.74, 6) is 0. The Labute approximate surface area is 141 Å². The summed E-state index contributed by atoms with van der Waals surface area (Å²) < 4.78 is 5.30. The predicted octanol–water partition coefficient (Wildman–Crippen LogP) is 3.65. The van der Waals surface area contributed by atoms with Crippen molar-refractivity contribution in [2.24, 2.45) is 0 Å². The molecule has 1 fully saturated rings. The van der Waals surface area contributed by atoms with Gasteiger partial charge in [0.1, 0.15) is 5.60 Å². The van der Waals surface area contributed by atoms with E-state index >= 15 is 0 Å². The number of carbonyl (C=O) groups is 2. The molecule has 23 heavy (non-hydrogen) atoms. The van der Waals surface area contributed by atoms with Crippen LogP contribution in [-0.4, -0.2) is 37.1 Å². The van der Waals surface area contributed by atoms with Crippen molar-refractivity contribution in [1.29, 1.82) is 0 Å². The third kappa shape index (κ3) is 5.13. The lowest BCUT2D eigenvalue weighted by Crippen LogP contribution is -2.49. The Balaban J connectivity index is 2.04. The largest absolute Gasteiger partial charge is 0.444 e. The second-order valence-corrected chi connectivity index (χ2v) is 7.19. The molecule has 1 aromatic carbocycles. The Morgan fingerprint density at radius 1 is 1.43 bits per heavy atom. The molecule has 1 aromatic rings. The molecule has 0 spiro atoms. The molecule has 0 aliphatic carbocycles. The van der Waals surface area contributed by atoms with Gasteiger partial charge in [-0.05, 0) is 51.8 Å². The van der Waals surface area contributed by atoms with Gasteiger partial charge in [-0.15, -0.1) is 0 Å². The van der Waals surface area contributed by atoms with E-state index < -0.39 is 11.7 Å². The Bertz CT molecular complexity index is 584. The van der Waals surface area contributed by atoms with Gasteiger partial charge in [0.05, 0.1) is 0 Å². The van der Waals surface area contributed by atoms with Gasteiger partial charge in [-0.2, -0.15) is 0 Å². The van der Waals surface area contributed by atoms with Gasteiger partial charge in [0.2, 0.25) is 0 Å². The van der Waals surface area contributed by atoms with Gasteiger partial charge in [-0.1, -0.05) is 11.6 Å². The van der Waals surface area contributed by atoms with Gasteiger partial charge in [0.25, 0.3) is 0 Å². The highest BCUT2D eigenvalue weighted by atomic mass is 35.5. The van der Waals surface area contributed by atoms with E-state index in [1.165, 1.54) is 0 Å². The molecule has 126 valence electrons. The van der Waals surface area contributed by atoms with Crippen LogP contribution in [0.25, 0.3) is 0 Å². The normalized spacial score (nSPS) is 18.4. The molecule has 2 rings (SSSR count). The van der Waals surface area contributed by atoms with E-state index in [9.17, 15) is 9.59 Å². The summed E-state index contributed by atoms with van der Waals surface area (Å²) in [4.78, 5) is 25.3. The molecule has 1 saturated heterocycles. The number of piperidine rings is 1. The monoisotopic (exact) mass is 338 g/mol. The second-order valence-electron chi connectivity index (χ2n) is 6.75. The Morgan fingerprint density at radius 2 is 2.17 bits per heavy atom. The van der Waals surface area contributed by atoms with Gasteiger partial charge in [0.15, 0.2) is 6.29 Å². The van der Waals surface area contributed by atoms with Crippen LogP contribution < -0.4 is 10.2 Å². The summed E-state index contributed by atoms with van der Waals surface area (Å²) in [5, 5.41) is 3.45. The Morgan fingerprint density at radius 3 is 2.83 bits per heavy atom. The quantitative estimate of drug-likeness (QED) is 0.855. The fourth-order valence-corrected chi connectivity index (χ4v) is 2.88. The average molecular weight is 339 g/mol. The Kier molecular flexibility index (Phi) is 5.52. The molecule has 0 unspecified atom stereocenters. The summed E-state index contributed by atoms with van der Waals surface area (Å²) >= 11 is 5.94. The van der Waals surface area contributed by atoms with Crippen LogP contribution in [0, 0.1) is 0 Å². The molecule has 1 heterocycles. The number of hydrogen-bond donors (Lipinski definition) is 1. The molecule has 0 radical (unpaired) electrons. The highest BCUT2D eigenvalue weighted by Crippen LogP contribution is 2.26. The van der Waals surface area contributed by atoms with E-state index in [-0.39, 0.29) is 6.04 Å². The maximum atomic E-state index is 11.9. The van der Waals surface area contributed by atoms with Crippen LogP contribution in [-0.2, 0) is 4.74 Å². The fraction of sp³-hybridized carbons (Fsp3) is 0.529. The number of halogens is 1. The maximum absolute atomic E-state index is 11.9. The number of carbonyl (C=O) groups excluding carboxylic acids is 2. The third-order valence-electron chi connectivity index (χ3n) is 3.60. The molecular weight excluding hydrogens is 316 g/mol. The van der Waals surface area contributed by atoms with Gasteiger partial charge in [-0.3, -0.25) is 4.79 Å². The number of benzene rings is 1. The Hall–Kier alpha value is -1.75. The highest BCUT2D eigenvalue weighted by molar-refractivity contribution is 6.31. The van der Waals surface area contributed by atoms with Crippen LogP contribution in [0.2, 0.25) is 5.02 Å². The van der Waals surface area contributed by atoms with E-state index in [1.54, 1.807) is 12.1 Å². The third-order valence-corrected chi connectivity index (χ3v) is 3.83. The van der Waals surface area contributed by atoms with E-state index in [4.69, 9.17) is 16.3 Å². The molecule has 0 aromatic heterocycles. The standard InChI is InChI=1S/C17H23ClN2O3/c1-17(2,3)23-16(22)19-14-5-4-8-20(10-14)15-7-6-13(18)9-12(15)11-21/h6-7,9,11,14H,4-5,8,10H2,1-3H3,(H,19,22)/t14-/m1/s1. The smallest absolute Gasteiger partial charge is 0.407 e. The molecule has 6 heteroatoms. The number of alkyl carbamates (subject to hydrolysis) is 1. The number of amides is 1. The van der Waals surface area contributed by atoms with E-state index in [0.717, 1.165) is 31.4 Å². The molecule has 1 aliphatic heterocycles. The highest BCUT2D eigenvalue weighted by Gasteiger charge is 2.25. The lowest BCUT2D eigenvalue weighted by atomic mass is 10.0. The number of nitrogens with zero attached hydrogens (tertiary/aromatic N) is 1. The zero-order chi connectivity index (χ0) is 17.0. The van der Waals surface area contributed by atoms with Crippen molar-refractivity contribution < 1.29 is 14.3 Å². The van der Waals surface area contributed by atoms with Crippen molar-refractivity contribution in [2.75, 3.05) is 18.0 Å². The van der Waals surface area contributed by atoms with Crippen molar-refractivity contribution in [3.63, 3.8) is 0 Å². The van der Waals surface area contributed by atoms with E-state index in [2.05, 4.69) is 10.2 Å². The van der Waals surface area contributed by atoms with Crippen LogP contribution in [0.4, 0.5) is 10.5 Å². The first-order chi connectivity index (χ1) is 10.8. The number of nitrogens with one attached hydrogen (secondary N) is 1. The summed E-state index contributed by atoms with van der Waals surface area (Å²) in [6.07, 6.45) is 2.23. The first-order valence-electron chi connectivity index (χ1n) is 7.77. The summed E-state index contributed by atoms with van der Waals surface area (Å²) in [5.41, 5.74) is 0.898. The number of rotatable bonds is 3. The molecule has 1 N–H and O–H groups in total. The molecule has 0 saturated carbocycles. The SMILES string of the molecule is CC(C)(C)OC(=O)N[C@@H]1CCCN(c2ccc(Cl)cc2C=O)C1. The van der Waals surface area contributed by atoms with Gasteiger partial charge < -0.3 is 15.0 Å². The summed E-state index contributed by atoms with van der Waals surface area (Å²) in [6, 6.07) is 5.28. The van der Waals surface area contributed by atoms with Crippen molar-refractivity contribution in [1.82, 2.24) is 5.32 Å². The van der Waals surface area contributed by atoms with Crippen molar-refractivity contribution in [3.8, 4) is 0 Å². The molecular formula is C17H23ClN2O3.